The summed E-state index contributed by atoms with van der Waals surface area (Å²) < 4.78 is 0. The number of rotatable bonds is 6. The molecule has 1 unspecified atom stereocenters. The third-order valence-electron chi connectivity index (χ3n) is 3.66. The standard InChI is InChI=1S/C14H30N2O/c1-11(2)9-16-7-5-13(6-8-16)15-14(10-17)12(3)4/h11-15,17H,5-10H2,1-4H3. The van der Waals surface area contributed by atoms with Crippen LogP contribution >= 0.6 is 0 Å². The molecule has 0 saturated carbocycles. The van der Waals surface area contributed by atoms with E-state index in [9.17, 15) is 5.11 Å². The van der Waals surface area contributed by atoms with Crippen LogP contribution in [-0.4, -0.2) is 48.3 Å². The van der Waals surface area contributed by atoms with Gasteiger partial charge in [0.1, 0.15) is 0 Å². The molecule has 3 nitrogen and oxygen atoms in total. The largest absolute Gasteiger partial charge is 0.395 e. The first-order valence-electron chi connectivity index (χ1n) is 7.12. The number of likely N-dealkylation sites (tertiary alicyclic amines) is 1. The number of aliphatic hydroxyl groups is 1. The molecule has 1 atom stereocenters. The first-order chi connectivity index (χ1) is 8.02. The minimum atomic E-state index is 0.254. The molecule has 3 heteroatoms. The van der Waals surface area contributed by atoms with Crippen LogP contribution in [0.5, 0.6) is 0 Å². The Balaban J connectivity index is 2.27. The van der Waals surface area contributed by atoms with E-state index >= 15 is 0 Å². The first kappa shape index (κ1) is 14.9. The third kappa shape index (κ3) is 5.36. The van der Waals surface area contributed by atoms with E-state index in [1.807, 2.05) is 0 Å². The van der Waals surface area contributed by atoms with Crippen LogP contribution in [0.3, 0.4) is 0 Å². The molecule has 0 aliphatic carbocycles. The van der Waals surface area contributed by atoms with E-state index in [0.717, 1.165) is 5.92 Å². The van der Waals surface area contributed by atoms with Gasteiger partial charge in [0, 0.05) is 18.6 Å². The summed E-state index contributed by atoms with van der Waals surface area (Å²) in [6.07, 6.45) is 2.44. The molecule has 1 fully saturated rings. The lowest BCUT2D eigenvalue weighted by atomic mass is 9.99. The normalized spacial score (nSPS) is 21.4. The fourth-order valence-electron chi connectivity index (χ4n) is 2.56. The van der Waals surface area contributed by atoms with Crippen LogP contribution < -0.4 is 5.32 Å². The fraction of sp³-hybridized carbons (Fsp3) is 1.00. The second kappa shape index (κ2) is 7.34. The lowest BCUT2D eigenvalue weighted by molar-refractivity contribution is 0.148. The van der Waals surface area contributed by atoms with Gasteiger partial charge in [-0.25, -0.2) is 0 Å². The van der Waals surface area contributed by atoms with Gasteiger partial charge in [-0.1, -0.05) is 27.7 Å². The van der Waals surface area contributed by atoms with E-state index in [2.05, 4.69) is 37.9 Å². The van der Waals surface area contributed by atoms with Gasteiger partial charge in [-0.05, 0) is 37.8 Å². The second-order valence-corrected chi connectivity index (χ2v) is 6.17. The Morgan fingerprint density at radius 1 is 1.18 bits per heavy atom. The van der Waals surface area contributed by atoms with E-state index in [1.54, 1.807) is 0 Å². The predicted octanol–water partition coefficient (Wildman–Crippen LogP) is 1.71. The van der Waals surface area contributed by atoms with Gasteiger partial charge in [-0.3, -0.25) is 0 Å². The summed E-state index contributed by atoms with van der Waals surface area (Å²) in [4.78, 5) is 2.56. The van der Waals surface area contributed by atoms with Crippen LogP contribution in [0.15, 0.2) is 0 Å². The fourth-order valence-corrected chi connectivity index (χ4v) is 2.56. The molecule has 0 aromatic heterocycles. The summed E-state index contributed by atoms with van der Waals surface area (Å²) in [5, 5.41) is 12.9. The number of hydrogen-bond donors (Lipinski definition) is 2. The molecule has 1 aliphatic rings. The van der Waals surface area contributed by atoms with Crippen molar-refractivity contribution in [3.8, 4) is 0 Å². The van der Waals surface area contributed by atoms with Crippen LogP contribution in [0, 0.1) is 11.8 Å². The summed E-state index contributed by atoms with van der Waals surface area (Å²) in [7, 11) is 0. The first-order valence-corrected chi connectivity index (χ1v) is 7.12. The van der Waals surface area contributed by atoms with Crippen molar-refractivity contribution in [2.24, 2.45) is 11.8 Å². The minimum absolute atomic E-state index is 0.254. The topological polar surface area (TPSA) is 35.5 Å². The van der Waals surface area contributed by atoms with Crippen molar-refractivity contribution in [2.75, 3.05) is 26.2 Å². The summed E-state index contributed by atoms with van der Waals surface area (Å²) in [5.74, 6) is 1.27. The Hall–Kier alpha value is -0.120. The average molecular weight is 242 g/mol. The van der Waals surface area contributed by atoms with Crippen molar-refractivity contribution in [3.63, 3.8) is 0 Å². The third-order valence-corrected chi connectivity index (χ3v) is 3.66. The predicted molar refractivity (Wildman–Crippen MR) is 73.1 cm³/mol. The lowest BCUT2D eigenvalue weighted by Gasteiger charge is -2.35. The van der Waals surface area contributed by atoms with E-state index in [0.29, 0.717) is 12.0 Å². The Labute approximate surface area is 107 Å². The average Bonchev–Trinajstić information content (AvgIpc) is 2.26. The number of nitrogens with one attached hydrogen (secondary N) is 1. The van der Waals surface area contributed by atoms with Gasteiger partial charge in [0.2, 0.25) is 0 Å². The van der Waals surface area contributed by atoms with Crippen molar-refractivity contribution < 1.29 is 5.11 Å². The Morgan fingerprint density at radius 2 is 1.76 bits per heavy atom. The molecule has 1 rings (SSSR count). The van der Waals surface area contributed by atoms with Crippen molar-refractivity contribution in [1.29, 1.82) is 0 Å². The number of nitrogens with zero attached hydrogens (tertiary/aromatic N) is 1. The van der Waals surface area contributed by atoms with Gasteiger partial charge in [-0.2, -0.15) is 0 Å². The van der Waals surface area contributed by atoms with Gasteiger partial charge in [0.15, 0.2) is 0 Å². The minimum Gasteiger partial charge on any atom is -0.395 e. The van der Waals surface area contributed by atoms with Crippen molar-refractivity contribution >= 4 is 0 Å². The molecule has 102 valence electrons. The highest BCUT2D eigenvalue weighted by Crippen LogP contribution is 2.14. The molecule has 17 heavy (non-hydrogen) atoms. The van der Waals surface area contributed by atoms with Crippen molar-refractivity contribution in [1.82, 2.24) is 10.2 Å². The maximum Gasteiger partial charge on any atom is 0.0587 e. The summed E-state index contributed by atoms with van der Waals surface area (Å²) in [6.45, 7) is 12.8. The molecule has 0 bridgehead atoms. The zero-order chi connectivity index (χ0) is 12.8. The highest BCUT2D eigenvalue weighted by Gasteiger charge is 2.22. The van der Waals surface area contributed by atoms with Gasteiger partial charge >= 0.3 is 0 Å². The monoisotopic (exact) mass is 242 g/mol. The number of aliphatic hydroxyl groups excluding tert-OH is 1. The van der Waals surface area contributed by atoms with E-state index in [4.69, 9.17) is 0 Å². The highest BCUT2D eigenvalue weighted by atomic mass is 16.3. The Bertz CT molecular complexity index is 198. The molecule has 0 radical (unpaired) electrons. The quantitative estimate of drug-likeness (QED) is 0.744. The maximum absolute atomic E-state index is 9.33. The molecule has 0 aromatic rings. The molecule has 1 aliphatic heterocycles. The van der Waals surface area contributed by atoms with E-state index < -0.39 is 0 Å². The summed E-state index contributed by atoms with van der Waals surface area (Å²) >= 11 is 0. The van der Waals surface area contributed by atoms with Gasteiger partial charge in [0.25, 0.3) is 0 Å². The van der Waals surface area contributed by atoms with Crippen LogP contribution in [0.4, 0.5) is 0 Å². The zero-order valence-electron chi connectivity index (χ0n) is 11.9. The smallest absolute Gasteiger partial charge is 0.0587 e. The van der Waals surface area contributed by atoms with Crippen LogP contribution in [0.25, 0.3) is 0 Å². The van der Waals surface area contributed by atoms with Crippen LogP contribution in [-0.2, 0) is 0 Å². The molecule has 0 spiro atoms. The molecule has 0 aromatic carbocycles. The second-order valence-electron chi connectivity index (χ2n) is 6.17. The van der Waals surface area contributed by atoms with E-state index in [-0.39, 0.29) is 12.6 Å². The van der Waals surface area contributed by atoms with Crippen LogP contribution in [0.2, 0.25) is 0 Å². The SMILES string of the molecule is CC(C)CN1CCC(NC(CO)C(C)C)CC1. The maximum atomic E-state index is 9.33. The number of piperidine rings is 1. The van der Waals surface area contributed by atoms with Crippen molar-refractivity contribution in [2.45, 2.75) is 52.6 Å². The highest BCUT2D eigenvalue weighted by molar-refractivity contribution is 4.81. The molecule has 1 heterocycles. The van der Waals surface area contributed by atoms with Gasteiger partial charge in [-0.15, -0.1) is 0 Å². The lowest BCUT2D eigenvalue weighted by Crippen LogP contribution is -2.49. The molecule has 1 saturated heterocycles. The van der Waals surface area contributed by atoms with Gasteiger partial charge < -0.3 is 15.3 Å². The zero-order valence-corrected chi connectivity index (χ0v) is 11.9. The van der Waals surface area contributed by atoms with Crippen molar-refractivity contribution in [3.05, 3.63) is 0 Å². The molecule has 2 N–H and O–H groups in total. The van der Waals surface area contributed by atoms with Gasteiger partial charge in [0.05, 0.1) is 6.61 Å². The molecular formula is C14H30N2O. The molecular weight excluding hydrogens is 212 g/mol. The Kier molecular flexibility index (Phi) is 6.45. The number of hydrogen-bond acceptors (Lipinski definition) is 3. The Morgan fingerprint density at radius 3 is 2.18 bits per heavy atom. The van der Waals surface area contributed by atoms with Crippen LogP contribution in [0.1, 0.15) is 40.5 Å². The summed E-state index contributed by atoms with van der Waals surface area (Å²) in [6, 6.07) is 0.856. The summed E-state index contributed by atoms with van der Waals surface area (Å²) in [5.41, 5.74) is 0. The molecule has 0 amide bonds. The van der Waals surface area contributed by atoms with E-state index in [1.165, 1.54) is 32.5 Å².